The summed E-state index contributed by atoms with van der Waals surface area (Å²) in [6.07, 6.45) is 7.91. The minimum atomic E-state index is -1.82. The molecule has 0 radical (unpaired) electrons. The number of aryl methyl sites for hydroxylation is 2. The van der Waals surface area contributed by atoms with Crippen LogP contribution in [0.4, 0.5) is 0 Å². The Balaban J connectivity index is 0. The molecule has 0 bridgehead atoms. The van der Waals surface area contributed by atoms with Crippen LogP contribution in [-0.2, 0) is 53.1 Å². The Morgan fingerprint density at radius 3 is 1.15 bits per heavy atom. The molecule has 0 amide bonds. The van der Waals surface area contributed by atoms with Gasteiger partial charge in [0.2, 0.25) is 0 Å². The molecule has 39 heavy (non-hydrogen) atoms. The maximum absolute atomic E-state index is 10.2. The predicted molar refractivity (Wildman–Crippen MR) is 144 cm³/mol. The van der Waals surface area contributed by atoms with E-state index in [1.807, 2.05) is 60.7 Å². The Morgan fingerprint density at radius 1 is 0.615 bits per heavy atom. The van der Waals surface area contributed by atoms with E-state index in [0.29, 0.717) is 0 Å². The average molecular weight is 726 g/mol. The van der Waals surface area contributed by atoms with Crippen molar-refractivity contribution in [1.29, 1.82) is 0 Å². The number of hydrogen-bond acceptors (Lipinski definition) is 4. The van der Waals surface area contributed by atoms with Crippen LogP contribution in [0.2, 0.25) is 0 Å². The SMILES string of the molecule is O=C(O)C(=O)O.O=C(O)CCCc1ccccc1.O=C(O)CCCc1ccccc1.[NH-]C1CCCCC1[NH-].[Pt+2]. The number of carboxylic acids is 4. The number of nitrogens with one attached hydrogen (secondary N) is 2. The van der Waals surface area contributed by atoms with E-state index in [2.05, 4.69) is 0 Å². The minimum Gasteiger partial charge on any atom is -0.676 e. The minimum absolute atomic E-state index is 0. The molecule has 1 aliphatic rings. The van der Waals surface area contributed by atoms with Gasteiger partial charge in [-0.05, 0) is 36.8 Å². The molecule has 0 aromatic heterocycles. The zero-order chi connectivity index (χ0) is 28.8. The molecule has 3 rings (SSSR count). The van der Waals surface area contributed by atoms with Crippen LogP contribution >= 0.6 is 0 Å². The van der Waals surface area contributed by atoms with Crippen LogP contribution in [0.1, 0.15) is 62.5 Å². The van der Waals surface area contributed by atoms with Gasteiger partial charge in [-0.1, -0.05) is 86.3 Å². The van der Waals surface area contributed by atoms with Crippen LogP contribution in [0.3, 0.4) is 0 Å². The molecular formula is C28H38N2O8Pt. The number of rotatable bonds is 8. The number of carboxylic acid groups (broad SMARTS) is 4. The monoisotopic (exact) mass is 725 g/mol. The summed E-state index contributed by atoms with van der Waals surface area (Å²) < 4.78 is 0. The number of hydrogen-bond donors (Lipinski definition) is 4. The van der Waals surface area contributed by atoms with Crippen molar-refractivity contribution in [3.05, 3.63) is 83.3 Å². The smallest absolute Gasteiger partial charge is 0.676 e. The molecule has 2 unspecified atom stereocenters. The molecule has 0 saturated heterocycles. The molecule has 218 valence electrons. The van der Waals surface area contributed by atoms with E-state index >= 15 is 0 Å². The summed E-state index contributed by atoms with van der Waals surface area (Å²) in [4.78, 5) is 38.6. The van der Waals surface area contributed by atoms with Gasteiger partial charge in [0.1, 0.15) is 0 Å². The van der Waals surface area contributed by atoms with Crippen molar-refractivity contribution in [3.8, 4) is 0 Å². The topological polar surface area (TPSA) is 197 Å². The maximum atomic E-state index is 10.2. The molecule has 1 saturated carbocycles. The molecule has 6 N–H and O–H groups in total. The zero-order valence-electron chi connectivity index (χ0n) is 21.7. The third-order valence-corrected chi connectivity index (χ3v) is 5.35. The molecule has 10 nitrogen and oxygen atoms in total. The molecule has 1 fully saturated rings. The van der Waals surface area contributed by atoms with Crippen molar-refractivity contribution in [2.24, 2.45) is 0 Å². The summed E-state index contributed by atoms with van der Waals surface area (Å²) in [5.41, 5.74) is 17.0. The molecule has 0 spiro atoms. The summed E-state index contributed by atoms with van der Waals surface area (Å²) in [6.45, 7) is 0. The van der Waals surface area contributed by atoms with E-state index in [-0.39, 0.29) is 46.0 Å². The van der Waals surface area contributed by atoms with Gasteiger partial charge in [0.25, 0.3) is 0 Å². The second-order valence-corrected chi connectivity index (χ2v) is 8.57. The van der Waals surface area contributed by atoms with Gasteiger partial charge in [0, 0.05) is 12.8 Å². The van der Waals surface area contributed by atoms with Crippen LogP contribution in [0, 0.1) is 0 Å². The Kier molecular flexibility index (Phi) is 23.4. The van der Waals surface area contributed by atoms with Crippen molar-refractivity contribution in [3.63, 3.8) is 0 Å². The molecule has 0 aliphatic heterocycles. The van der Waals surface area contributed by atoms with Crippen LogP contribution in [-0.4, -0.2) is 56.4 Å². The number of carbonyl (C=O) groups is 4. The van der Waals surface area contributed by atoms with Crippen molar-refractivity contribution in [2.75, 3.05) is 0 Å². The quantitative estimate of drug-likeness (QED) is 0.247. The van der Waals surface area contributed by atoms with Gasteiger partial charge < -0.3 is 31.9 Å². The van der Waals surface area contributed by atoms with Gasteiger partial charge in [0.05, 0.1) is 0 Å². The Labute approximate surface area is 243 Å². The second kappa shape index (κ2) is 24.0. The Morgan fingerprint density at radius 2 is 0.923 bits per heavy atom. The van der Waals surface area contributed by atoms with Gasteiger partial charge in [0.15, 0.2) is 0 Å². The van der Waals surface area contributed by atoms with Gasteiger partial charge in [-0.15, -0.1) is 0 Å². The molecule has 2 aromatic rings. The van der Waals surface area contributed by atoms with E-state index in [0.717, 1.165) is 38.5 Å². The third-order valence-electron chi connectivity index (χ3n) is 5.35. The fourth-order valence-electron chi connectivity index (χ4n) is 3.31. The molecule has 0 heterocycles. The molecule has 11 heteroatoms. The standard InChI is InChI=1S/2C10H12O2.C6H12N2.C2H2O4.Pt/c2*11-10(12)8-4-7-9-5-2-1-3-6-9;7-5-3-1-2-4-6(5)8;3-1(4)2(5)6;/h2*1-3,5-6H,4,7-8H2,(H,11,12);5-8H,1-4H2;(H,3,4)(H,5,6);/q;;-2;;+2. The molecular weight excluding hydrogens is 687 g/mol. The molecule has 1 aliphatic carbocycles. The number of aliphatic carboxylic acids is 4. The van der Waals surface area contributed by atoms with Gasteiger partial charge in [-0.3, -0.25) is 9.59 Å². The van der Waals surface area contributed by atoms with Crippen molar-refractivity contribution >= 4 is 23.9 Å². The number of benzene rings is 2. The van der Waals surface area contributed by atoms with E-state index < -0.39 is 23.9 Å². The third kappa shape index (κ3) is 23.8. The normalized spacial score (nSPS) is 15.2. The predicted octanol–water partition coefficient (Wildman–Crippen LogP) is 5.74. The molecule has 2 aromatic carbocycles. The van der Waals surface area contributed by atoms with Crippen molar-refractivity contribution in [2.45, 2.75) is 76.3 Å². The summed E-state index contributed by atoms with van der Waals surface area (Å²) in [5.74, 6) is -5.08. The summed E-state index contributed by atoms with van der Waals surface area (Å²) >= 11 is 0. The zero-order valence-corrected chi connectivity index (χ0v) is 24.0. The first-order valence-corrected chi connectivity index (χ1v) is 12.4. The first kappa shape index (κ1) is 38.1. The first-order valence-electron chi connectivity index (χ1n) is 12.4. The largest absolute Gasteiger partial charge is 2.00 e. The van der Waals surface area contributed by atoms with Crippen LogP contribution in [0.5, 0.6) is 0 Å². The second-order valence-electron chi connectivity index (χ2n) is 8.57. The van der Waals surface area contributed by atoms with Crippen LogP contribution < -0.4 is 0 Å². The van der Waals surface area contributed by atoms with E-state index in [9.17, 15) is 9.59 Å². The van der Waals surface area contributed by atoms with Crippen molar-refractivity contribution < 1.29 is 60.7 Å². The average Bonchev–Trinajstić information content (AvgIpc) is 2.88. The van der Waals surface area contributed by atoms with Gasteiger partial charge in [-0.25, -0.2) is 9.59 Å². The summed E-state index contributed by atoms with van der Waals surface area (Å²) in [7, 11) is 0. The fraction of sp³-hybridized carbons (Fsp3) is 0.429. The van der Waals surface area contributed by atoms with Crippen LogP contribution in [0.15, 0.2) is 60.7 Å². The van der Waals surface area contributed by atoms with E-state index in [1.54, 1.807) is 0 Å². The van der Waals surface area contributed by atoms with Gasteiger partial charge >= 0.3 is 44.9 Å². The maximum Gasteiger partial charge on any atom is 2.00 e. The van der Waals surface area contributed by atoms with Gasteiger partial charge in [-0.2, -0.15) is 12.1 Å². The van der Waals surface area contributed by atoms with E-state index in [4.69, 9.17) is 41.5 Å². The Hall–Kier alpha value is -3.07. The first-order chi connectivity index (χ1) is 18.0. The van der Waals surface area contributed by atoms with Crippen molar-refractivity contribution in [1.82, 2.24) is 0 Å². The van der Waals surface area contributed by atoms with Crippen LogP contribution in [0.25, 0.3) is 11.5 Å². The summed E-state index contributed by atoms with van der Waals surface area (Å²) in [6, 6.07) is 19.7. The van der Waals surface area contributed by atoms with E-state index in [1.165, 1.54) is 24.0 Å². The molecule has 2 atom stereocenters. The summed E-state index contributed by atoms with van der Waals surface area (Å²) in [5, 5.41) is 31.6. The Bertz CT molecular complexity index is 868. The fourth-order valence-corrected chi connectivity index (χ4v) is 3.31.